The number of primary amides is 1. The monoisotopic (exact) mass is 464 g/mol. The second kappa shape index (κ2) is 10.2. The molecule has 2 heterocycles. The average Bonchev–Trinajstić information content (AvgIpc) is 3.38. The summed E-state index contributed by atoms with van der Waals surface area (Å²) >= 11 is 0. The fourth-order valence-electron chi connectivity index (χ4n) is 3.53. The van der Waals surface area contributed by atoms with Gasteiger partial charge in [-0.15, -0.1) is 0 Å². The number of Topliss-reactive ketones (excluding diaryl/α,β-unsaturated/α-hetero) is 1. The van der Waals surface area contributed by atoms with Crippen molar-refractivity contribution in [3.05, 3.63) is 102 Å². The molecule has 0 fully saturated rings. The molecule has 0 aliphatic carbocycles. The molecular formula is C26H20N6O3. The van der Waals surface area contributed by atoms with Gasteiger partial charge < -0.3 is 11.1 Å². The third-order valence-electron chi connectivity index (χ3n) is 5.29. The van der Waals surface area contributed by atoms with Crippen molar-refractivity contribution in [1.29, 1.82) is 5.26 Å². The van der Waals surface area contributed by atoms with Gasteiger partial charge in [0, 0.05) is 24.4 Å². The maximum absolute atomic E-state index is 13.2. The van der Waals surface area contributed by atoms with Crippen LogP contribution in [0.4, 0.5) is 0 Å². The highest BCUT2D eigenvalue weighted by Gasteiger charge is 2.27. The first kappa shape index (κ1) is 23.1. The SMILES string of the molecule is N#Cc1ccc(-c2ccn(-c3ncccc3C(=O)NC(Cc3ccccc3)C(=O)C(N)=O)n2)cc1. The molecule has 2 amide bonds. The number of aromatic nitrogens is 3. The van der Waals surface area contributed by atoms with Crippen molar-refractivity contribution in [1.82, 2.24) is 20.1 Å². The number of nitrogens with zero attached hydrogens (tertiary/aromatic N) is 4. The Balaban J connectivity index is 1.61. The third-order valence-corrected chi connectivity index (χ3v) is 5.29. The van der Waals surface area contributed by atoms with Crippen LogP contribution in [0.15, 0.2) is 85.2 Å². The zero-order chi connectivity index (χ0) is 24.8. The lowest BCUT2D eigenvalue weighted by Crippen LogP contribution is -2.47. The van der Waals surface area contributed by atoms with Gasteiger partial charge in [-0.25, -0.2) is 9.67 Å². The molecular weight excluding hydrogens is 444 g/mol. The van der Waals surface area contributed by atoms with E-state index in [9.17, 15) is 14.4 Å². The topological polar surface area (TPSA) is 144 Å². The van der Waals surface area contributed by atoms with Gasteiger partial charge in [0.1, 0.15) is 6.04 Å². The van der Waals surface area contributed by atoms with Gasteiger partial charge in [-0.2, -0.15) is 10.4 Å². The van der Waals surface area contributed by atoms with E-state index in [0.29, 0.717) is 11.3 Å². The van der Waals surface area contributed by atoms with E-state index in [2.05, 4.69) is 21.5 Å². The van der Waals surface area contributed by atoms with E-state index < -0.39 is 23.6 Å². The highest BCUT2D eigenvalue weighted by Crippen LogP contribution is 2.20. The van der Waals surface area contributed by atoms with Crippen LogP contribution in [0.1, 0.15) is 21.5 Å². The zero-order valence-electron chi connectivity index (χ0n) is 18.5. The average molecular weight is 464 g/mol. The lowest BCUT2D eigenvalue weighted by molar-refractivity contribution is -0.137. The minimum Gasteiger partial charge on any atom is -0.363 e. The molecule has 1 atom stereocenters. The van der Waals surface area contributed by atoms with E-state index in [-0.39, 0.29) is 17.8 Å². The summed E-state index contributed by atoms with van der Waals surface area (Å²) < 4.78 is 1.45. The molecule has 9 nitrogen and oxygen atoms in total. The predicted octanol–water partition coefficient (Wildman–Crippen LogP) is 2.20. The number of benzene rings is 2. The smallest absolute Gasteiger partial charge is 0.287 e. The molecule has 2 aromatic heterocycles. The van der Waals surface area contributed by atoms with Crippen LogP contribution < -0.4 is 11.1 Å². The number of rotatable bonds is 8. The van der Waals surface area contributed by atoms with Crippen LogP contribution in [0, 0.1) is 11.3 Å². The van der Waals surface area contributed by atoms with E-state index >= 15 is 0 Å². The number of amides is 2. The lowest BCUT2D eigenvalue weighted by atomic mass is 10.0. The molecule has 172 valence electrons. The Kier molecular flexibility index (Phi) is 6.74. The number of nitrogens with one attached hydrogen (secondary N) is 1. The summed E-state index contributed by atoms with van der Waals surface area (Å²) in [7, 11) is 0. The van der Waals surface area contributed by atoms with E-state index in [0.717, 1.165) is 11.1 Å². The molecule has 3 N–H and O–H groups in total. The number of pyridine rings is 1. The number of ketones is 1. The van der Waals surface area contributed by atoms with Crippen LogP contribution in [0.2, 0.25) is 0 Å². The summed E-state index contributed by atoms with van der Waals surface area (Å²) in [4.78, 5) is 41.5. The Morgan fingerprint density at radius 1 is 1.00 bits per heavy atom. The van der Waals surface area contributed by atoms with Gasteiger partial charge in [-0.05, 0) is 35.9 Å². The van der Waals surface area contributed by atoms with Crippen molar-refractivity contribution in [2.45, 2.75) is 12.5 Å². The lowest BCUT2D eigenvalue weighted by Gasteiger charge is -2.17. The summed E-state index contributed by atoms with van der Waals surface area (Å²) in [5, 5.41) is 16.1. The van der Waals surface area contributed by atoms with Crippen LogP contribution in [0.3, 0.4) is 0 Å². The molecule has 0 aliphatic rings. The summed E-state index contributed by atoms with van der Waals surface area (Å²) in [6.07, 6.45) is 3.28. The molecule has 0 saturated carbocycles. The summed E-state index contributed by atoms with van der Waals surface area (Å²) in [5.74, 6) is -2.37. The largest absolute Gasteiger partial charge is 0.363 e. The van der Waals surface area contributed by atoms with Crippen molar-refractivity contribution < 1.29 is 14.4 Å². The fourth-order valence-corrected chi connectivity index (χ4v) is 3.53. The van der Waals surface area contributed by atoms with Crippen LogP contribution in [0.5, 0.6) is 0 Å². The Morgan fingerprint density at radius 2 is 1.74 bits per heavy atom. The van der Waals surface area contributed by atoms with E-state index in [1.807, 2.05) is 6.07 Å². The number of carbonyl (C=O) groups excluding carboxylic acids is 3. The zero-order valence-corrected chi connectivity index (χ0v) is 18.5. The first-order valence-corrected chi connectivity index (χ1v) is 10.7. The van der Waals surface area contributed by atoms with Crippen LogP contribution >= 0.6 is 0 Å². The molecule has 1 unspecified atom stereocenters. The minimum absolute atomic E-state index is 0.106. The number of hydrogen-bond donors (Lipinski definition) is 2. The fraction of sp³-hybridized carbons (Fsp3) is 0.0769. The summed E-state index contributed by atoms with van der Waals surface area (Å²) in [6.45, 7) is 0. The molecule has 0 aliphatic heterocycles. The first-order valence-electron chi connectivity index (χ1n) is 10.7. The molecule has 2 aromatic carbocycles. The molecule has 0 saturated heterocycles. The minimum atomic E-state index is -1.14. The van der Waals surface area contributed by atoms with E-state index in [1.165, 1.54) is 10.9 Å². The Bertz CT molecular complexity index is 1420. The second-order valence-corrected chi connectivity index (χ2v) is 7.65. The standard InChI is InChI=1S/C26H20N6O3/c27-16-18-8-10-19(11-9-18)21-12-14-32(31-21)25-20(7-4-13-29-25)26(35)30-22(23(33)24(28)34)15-17-5-2-1-3-6-17/h1-14,22H,15H2,(H2,28,34)(H,30,35). The van der Waals surface area contributed by atoms with Gasteiger partial charge in [-0.1, -0.05) is 42.5 Å². The Labute approximate surface area is 200 Å². The molecule has 35 heavy (non-hydrogen) atoms. The maximum atomic E-state index is 13.2. The van der Waals surface area contributed by atoms with Crippen molar-refractivity contribution in [3.63, 3.8) is 0 Å². The Morgan fingerprint density at radius 3 is 2.43 bits per heavy atom. The van der Waals surface area contributed by atoms with Crippen molar-refractivity contribution >= 4 is 17.6 Å². The van der Waals surface area contributed by atoms with Crippen molar-refractivity contribution in [2.24, 2.45) is 5.73 Å². The number of nitrogens with two attached hydrogens (primary N) is 1. The van der Waals surface area contributed by atoms with Gasteiger partial charge >= 0.3 is 0 Å². The van der Waals surface area contributed by atoms with Crippen LogP contribution in [-0.2, 0) is 16.0 Å². The highest BCUT2D eigenvalue weighted by atomic mass is 16.2. The summed E-state index contributed by atoms with van der Waals surface area (Å²) in [5.41, 5.74) is 8.09. The predicted molar refractivity (Wildman–Crippen MR) is 127 cm³/mol. The molecule has 0 spiro atoms. The molecule has 9 heteroatoms. The van der Waals surface area contributed by atoms with Crippen LogP contribution in [0.25, 0.3) is 17.1 Å². The van der Waals surface area contributed by atoms with E-state index in [1.54, 1.807) is 72.9 Å². The quantitative estimate of drug-likeness (QED) is 0.383. The van der Waals surface area contributed by atoms with Crippen molar-refractivity contribution in [3.8, 4) is 23.1 Å². The number of nitriles is 1. The van der Waals surface area contributed by atoms with Gasteiger partial charge in [0.25, 0.3) is 11.8 Å². The molecule has 4 rings (SSSR count). The third kappa shape index (κ3) is 5.29. The second-order valence-electron chi connectivity index (χ2n) is 7.65. The molecule has 0 bridgehead atoms. The van der Waals surface area contributed by atoms with Crippen molar-refractivity contribution in [2.75, 3.05) is 0 Å². The van der Waals surface area contributed by atoms with Crippen LogP contribution in [-0.4, -0.2) is 38.4 Å². The number of hydrogen-bond acceptors (Lipinski definition) is 6. The van der Waals surface area contributed by atoms with Gasteiger partial charge in [-0.3, -0.25) is 14.4 Å². The van der Waals surface area contributed by atoms with E-state index in [4.69, 9.17) is 11.0 Å². The molecule has 4 aromatic rings. The van der Waals surface area contributed by atoms with Gasteiger partial charge in [0.05, 0.1) is 22.9 Å². The molecule has 0 radical (unpaired) electrons. The summed E-state index contributed by atoms with van der Waals surface area (Å²) in [6, 6.07) is 21.8. The van der Waals surface area contributed by atoms with Gasteiger partial charge in [0.2, 0.25) is 5.78 Å². The van der Waals surface area contributed by atoms with Gasteiger partial charge in [0.15, 0.2) is 5.82 Å². The Hall–Kier alpha value is -5.10. The maximum Gasteiger partial charge on any atom is 0.287 e. The normalized spacial score (nSPS) is 11.3. The highest BCUT2D eigenvalue weighted by molar-refractivity contribution is 6.38. The first-order chi connectivity index (χ1) is 17.0. The number of carbonyl (C=O) groups is 3.